The average Bonchev–Trinajstić information content (AvgIpc) is 2.26. The van der Waals surface area contributed by atoms with Gasteiger partial charge >= 0.3 is 6.18 Å². The molecule has 1 aromatic carbocycles. The fraction of sp³-hybridized carbons (Fsp3) is 0.364. The molecule has 0 saturated carbocycles. The van der Waals surface area contributed by atoms with E-state index in [9.17, 15) is 18.0 Å². The van der Waals surface area contributed by atoms with Crippen molar-refractivity contribution in [2.45, 2.75) is 13.1 Å². The molecule has 0 saturated heterocycles. The molecule has 3 nitrogen and oxygen atoms in total. The smallest absolute Gasteiger partial charge is 0.454 e. The summed E-state index contributed by atoms with van der Waals surface area (Å²) in [6, 6.07) is 3.57. The predicted molar refractivity (Wildman–Crippen MR) is 54.1 cm³/mol. The summed E-state index contributed by atoms with van der Waals surface area (Å²) in [4.78, 5) is 11.0. The Morgan fingerprint density at radius 2 is 2.00 bits per heavy atom. The van der Waals surface area contributed by atoms with E-state index in [1.54, 1.807) is 6.92 Å². The lowest BCUT2D eigenvalue weighted by Gasteiger charge is -2.10. The standard InChI is InChI=1S/C11H11F3O3/c1-7-3-4-8(10(15)11(12,13)14)5-9(7)17-6-16-2/h3-5H,6H2,1-2H3. The van der Waals surface area contributed by atoms with Crippen LogP contribution in [0.3, 0.4) is 0 Å². The number of carbonyl (C=O) groups excluding carboxylic acids is 1. The number of ketones is 1. The van der Waals surface area contributed by atoms with Crippen molar-refractivity contribution in [1.82, 2.24) is 0 Å². The van der Waals surface area contributed by atoms with Gasteiger partial charge in [-0.25, -0.2) is 0 Å². The van der Waals surface area contributed by atoms with Crippen molar-refractivity contribution < 1.29 is 27.4 Å². The molecule has 0 N–H and O–H groups in total. The van der Waals surface area contributed by atoms with Gasteiger partial charge in [0.15, 0.2) is 6.79 Å². The van der Waals surface area contributed by atoms with Gasteiger partial charge in [0.1, 0.15) is 5.75 Å². The van der Waals surface area contributed by atoms with Crippen LogP contribution < -0.4 is 4.74 Å². The number of alkyl halides is 3. The Bertz CT molecular complexity index is 413. The molecule has 1 aromatic rings. The molecular formula is C11H11F3O3. The van der Waals surface area contributed by atoms with E-state index in [0.29, 0.717) is 5.56 Å². The molecule has 0 aliphatic carbocycles. The molecule has 6 heteroatoms. The van der Waals surface area contributed by atoms with E-state index in [2.05, 4.69) is 4.74 Å². The summed E-state index contributed by atoms with van der Waals surface area (Å²) in [6.07, 6.45) is -4.88. The Balaban J connectivity index is 3.00. The summed E-state index contributed by atoms with van der Waals surface area (Å²) in [5.41, 5.74) is 0.176. The van der Waals surface area contributed by atoms with Crippen LogP contribution in [0.25, 0.3) is 0 Å². The molecule has 0 spiro atoms. The van der Waals surface area contributed by atoms with E-state index in [1.807, 2.05) is 0 Å². The van der Waals surface area contributed by atoms with Crippen molar-refractivity contribution in [2.75, 3.05) is 13.9 Å². The van der Waals surface area contributed by atoms with Gasteiger partial charge in [-0.3, -0.25) is 4.79 Å². The fourth-order valence-corrected chi connectivity index (χ4v) is 1.18. The van der Waals surface area contributed by atoms with Crippen molar-refractivity contribution in [2.24, 2.45) is 0 Å². The zero-order valence-electron chi connectivity index (χ0n) is 9.30. The molecule has 0 atom stereocenters. The summed E-state index contributed by atoms with van der Waals surface area (Å²) < 4.78 is 46.3. The van der Waals surface area contributed by atoms with Gasteiger partial charge in [-0.2, -0.15) is 13.2 Å². The average molecular weight is 248 g/mol. The quantitative estimate of drug-likeness (QED) is 0.607. The largest absolute Gasteiger partial charge is 0.467 e. The molecule has 0 fully saturated rings. The first-order chi connectivity index (χ1) is 7.86. The third kappa shape index (κ3) is 3.45. The topological polar surface area (TPSA) is 35.5 Å². The number of methoxy groups -OCH3 is 1. The van der Waals surface area contributed by atoms with Crippen LogP contribution in [0.5, 0.6) is 5.75 Å². The van der Waals surface area contributed by atoms with Gasteiger partial charge in [-0.1, -0.05) is 12.1 Å². The molecule has 17 heavy (non-hydrogen) atoms. The highest BCUT2D eigenvalue weighted by Gasteiger charge is 2.39. The zero-order valence-corrected chi connectivity index (χ0v) is 9.30. The molecule has 0 aliphatic heterocycles. The van der Waals surface area contributed by atoms with Gasteiger partial charge in [0.25, 0.3) is 5.78 Å². The lowest BCUT2D eigenvalue weighted by molar-refractivity contribution is -0.0885. The van der Waals surface area contributed by atoms with Crippen LogP contribution in [0.1, 0.15) is 15.9 Å². The third-order valence-electron chi connectivity index (χ3n) is 2.04. The van der Waals surface area contributed by atoms with Crippen LogP contribution in [-0.2, 0) is 4.74 Å². The molecule has 0 bridgehead atoms. The number of halogens is 3. The van der Waals surface area contributed by atoms with Crippen LogP contribution in [-0.4, -0.2) is 25.9 Å². The van der Waals surface area contributed by atoms with Crippen LogP contribution in [0.15, 0.2) is 18.2 Å². The SMILES string of the molecule is COCOc1cc(C(=O)C(F)(F)F)ccc1C. The normalized spacial score (nSPS) is 11.4. The number of benzene rings is 1. The first-order valence-corrected chi connectivity index (χ1v) is 4.70. The van der Waals surface area contributed by atoms with Crippen LogP contribution >= 0.6 is 0 Å². The minimum atomic E-state index is -4.88. The summed E-state index contributed by atoms with van der Waals surface area (Å²) in [7, 11) is 1.39. The second-order valence-corrected chi connectivity index (χ2v) is 3.36. The third-order valence-corrected chi connectivity index (χ3v) is 2.04. The van der Waals surface area contributed by atoms with Gasteiger partial charge in [-0.05, 0) is 18.6 Å². The molecule has 1 rings (SSSR count). The maximum Gasteiger partial charge on any atom is 0.454 e. The van der Waals surface area contributed by atoms with Crippen LogP contribution in [0.2, 0.25) is 0 Å². The highest BCUT2D eigenvalue weighted by atomic mass is 19.4. The second-order valence-electron chi connectivity index (χ2n) is 3.36. The number of Topliss-reactive ketones (excluding diaryl/α,β-unsaturated/α-hetero) is 1. The zero-order chi connectivity index (χ0) is 13.1. The predicted octanol–water partition coefficient (Wildman–Crippen LogP) is 2.72. The minimum absolute atomic E-state index is 0.0928. The molecule has 0 aromatic heterocycles. The highest BCUT2D eigenvalue weighted by molar-refractivity contribution is 6.00. The molecule has 94 valence electrons. The monoisotopic (exact) mass is 248 g/mol. The highest BCUT2D eigenvalue weighted by Crippen LogP contribution is 2.26. The number of hydrogen-bond acceptors (Lipinski definition) is 3. The Kier molecular flexibility index (Phi) is 4.11. The van der Waals surface area contributed by atoms with Crippen molar-refractivity contribution in [1.29, 1.82) is 0 Å². The summed E-state index contributed by atoms with van der Waals surface area (Å²) in [6.45, 7) is 1.57. The minimum Gasteiger partial charge on any atom is -0.467 e. The van der Waals surface area contributed by atoms with Crippen molar-refractivity contribution in [3.63, 3.8) is 0 Å². The molecule has 0 amide bonds. The fourth-order valence-electron chi connectivity index (χ4n) is 1.18. The summed E-state index contributed by atoms with van der Waals surface area (Å²) >= 11 is 0. The number of rotatable bonds is 4. The van der Waals surface area contributed by atoms with E-state index >= 15 is 0 Å². The van der Waals surface area contributed by atoms with Gasteiger partial charge < -0.3 is 9.47 Å². The maximum atomic E-state index is 12.2. The van der Waals surface area contributed by atoms with Crippen molar-refractivity contribution >= 4 is 5.78 Å². The van der Waals surface area contributed by atoms with Gasteiger partial charge in [0.2, 0.25) is 0 Å². The van der Waals surface area contributed by atoms with Gasteiger partial charge in [-0.15, -0.1) is 0 Å². The van der Waals surface area contributed by atoms with E-state index < -0.39 is 17.5 Å². The Hall–Kier alpha value is -1.56. The molecule has 0 heterocycles. The van der Waals surface area contributed by atoms with E-state index in [0.717, 1.165) is 12.1 Å². The van der Waals surface area contributed by atoms with Gasteiger partial charge in [0, 0.05) is 12.7 Å². The van der Waals surface area contributed by atoms with E-state index in [1.165, 1.54) is 13.2 Å². The summed E-state index contributed by atoms with van der Waals surface area (Å²) in [5.74, 6) is -1.69. The Morgan fingerprint density at radius 3 is 2.53 bits per heavy atom. The van der Waals surface area contributed by atoms with Crippen LogP contribution in [0.4, 0.5) is 13.2 Å². The first kappa shape index (κ1) is 13.5. The Labute approximate surface area is 96.1 Å². The van der Waals surface area contributed by atoms with E-state index in [-0.39, 0.29) is 12.5 Å². The molecular weight excluding hydrogens is 237 g/mol. The Morgan fingerprint density at radius 1 is 1.35 bits per heavy atom. The lowest BCUT2D eigenvalue weighted by atomic mass is 10.1. The number of ether oxygens (including phenoxy) is 2. The first-order valence-electron chi connectivity index (χ1n) is 4.70. The summed E-state index contributed by atoms with van der Waals surface area (Å²) in [5, 5.41) is 0. The lowest BCUT2D eigenvalue weighted by Crippen LogP contribution is -2.22. The van der Waals surface area contributed by atoms with Crippen LogP contribution in [0, 0.1) is 6.92 Å². The number of carbonyl (C=O) groups is 1. The van der Waals surface area contributed by atoms with Crippen molar-refractivity contribution in [3.05, 3.63) is 29.3 Å². The van der Waals surface area contributed by atoms with Gasteiger partial charge in [0.05, 0.1) is 0 Å². The van der Waals surface area contributed by atoms with E-state index in [4.69, 9.17) is 4.74 Å². The number of hydrogen-bond donors (Lipinski definition) is 0. The maximum absolute atomic E-state index is 12.2. The van der Waals surface area contributed by atoms with Crippen molar-refractivity contribution in [3.8, 4) is 5.75 Å². The second kappa shape index (κ2) is 5.18. The number of aryl methyl sites for hydroxylation is 1. The molecule has 0 radical (unpaired) electrons. The molecule has 0 unspecified atom stereocenters. The molecule has 0 aliphatic rings.